The molecule has 0 aliphatic rings. The van der Waals surface area contributed by atoms with Crippen molar-refractivity contribution in [3.63, 3.8) is 0 Å². The van der Waals surface area contributed by atoms with Crippen LogP contribution in [0.1, 0.15) is 0 Å². The Bertz CT molecular complexity index is 750. The van der Waals surface area contributed by atoms with Crippen LogP contribution < -0.4 is 4.31 Å². The second kappa shape index (κ2) is 5.49. The van der Waals surface area contributed by atoms with Gasteiger partial charge in [0.15, 0.2) is 0 Å². The van der Waals surface area contributed by atoms with Gasteiger partial charge in [0, 0.05) is 17.6 Å². The second-order valence-electron chi connectivity index (χ2n) is 4.00. The Morgan fingerprint density at radius 3 is 2.35 bits per heavy atom. The van der Waals surface area contributed by atoms with Crippen LogP contribution in [0.15, 0.2) is 51.8 Å². The van der Waals surface area contributed by atoms with Crippen molar-refractivity contribution in [2.75, 3.05) is 11.4 Å². The molecule has 0 unspecified atom stereocenters. The van der Waals surface area contributed by atoms with Gasteiger partial charge in [-0.25, -0.2) is 17.2 Å². The summed E-state index contributed by atoms with van der Waals surface area (Å²) in [5.74, 6) is -1.71. The molecule has 0 saturated heterocycles. The molecule has 0 bridgehead atoms. The quantitative estimate of drug-likeness (QED) is 0.838. The molecule has 2 aromatic rings. The third-order valence-electron chi connectivity index (χ3n) is 2.72. The van der Waals surface area contributed by atoms with Crippen LogP contribution in [-0.2, 0) is 10.0 Å². The van der Waals surface area contributed by atoms with Gasteiger partial charge in [-0.2, -0.15) is 0 Å². The predicted molar refractivity (Wildman–Crippen MR) is 76.1 cm³/mol. The zero-order chi connectivity index (χ0) is 14.9. The number of nitrogens with zero attached hydrogens (tertiary/aromatic N) is 1. The van der Waals surface area contributed by atoms with E-state index in [2.05, 4.69) is 15.9 Å². The van der Waals surface area contributed by atoms with Crippen LogP contribution in [0.3, 0.4) is 0 Å². The summed E-state index contributed by atoms with van der Waals surface area (Å²) in [6, 6.07) is 8.93. The van der Waals surface area contributed by atoms with E-state index in [0.717, 1.165) is 16.4 Å². The molecule has 0 aliphatic heterocycles. The maximum atomic E-state index is 13.7. The van der Waals surface area contributed by atoms with E-state index >= 15 is 0 Å². The van der Waals surface area contributed by atoms with E-state index in [1.807, 2.05) is 0 Å². The van der Waals surface area contributed by atoms with Crippen molar-refractivity contribution in [3.8, 4) is 0 Å². The van der Waals surface area contributed by atoms with Crippen molar-refractivity contribution in [1.29, 1.82) is 0 Å². The first-order valence-corrected chi connectivity index (χ1v) is 7.76. The van der Waals surface area contributed by atoms with E-state index in [0.29, 0.717) is 10.5 Å². The molecule has 3 nitrogen and oxygen atoms in total. The van der Waals surface area contributed by atoms with E-state index < -0.39 is 21.7 Å². The Labute approximate surface area is 124 Å². The van der Waals surface area contributed by atoms with Crippen molar-refractivity contribution in [1.82, 2.24) is 0 Å². The van der Waals surface area contributed by atoms with E-state index in [9.17, 15) is 17.2 Å². The van der Waals surface area contributed by atoms with Crippen LogP contribution in [0.4, 0.5) is 14.5 Å². The zero-order valence-electron chi connectivity index (χ0n) is 10.3. The summed E-state index contributed by atoms with van der Waals surface area (Å²) in [4.78, 5) is 0.00576. The first kappa shape index (κ1) is 14.9. The fraction of sp³-hybridized carbons (Fsp3) is 0.0769. The lowest BCUT2D eigenvalue weighted by atomic mass is 10.3. The molecule has 0 fully saturated rings. The molecule has 0 radical (unpaired) electrons. The van der Waals surface area contributed by atoms with E-state index in [-0.39, 0.29) is 10.6 Å². The van der Waals surface area contributed by atoms with Crippen LogP contribution in [0.5, 0.6) is 0 Å². The molecule has 0 N–H and O–H groups in total. The van der Waals surface area contributed by atoms with E-state index in [1.54, 1.807) is 18.2 Å². The normalized spacial score (nSPS) is 11.4. The van der Waals surface area contributed by atoms with Crippen LogP contribution in [0.2, 0.25) is 0 Å². The molecule has 0 atom stereocenters. The maximum absolute atomic E-state index is 13.7. The lowest BCUT2D eigenvalue weighted by Gasteiger charge is -2.20. The van der Waals surface area contributed by atoms with Gasteiger partial charge in [0.05, 0.1) is 5.69 Å². The molecule has 2 aromatic carbocycles. The van der Waals surface area contributed by atoms with Crippen LogP contribution >= 0.6 is 15.9 Å². The fourth-order valence-electron chi connectivity index (χ4n) is 1.67. The van der Waals surface area contributed by atoms with Crippen molar-refractivity contribution in [2.24, 2.45) is 0 Å². The third-order valence-corrected chi connectivity index (χ3v) is 5.51. The van der Waals surface area contributed by atoms with Gasteiger partial charge in [-0.15, -0.1) is 0 Å². The SMILES string of the molecule is CN(c1ccc(F)cc1F)S(=O)(=O)c1ccccc1Br. The first-order chi connectivity index (χ1) is 9.34. The summed E-state index contributed by atoms with van der Waals surface area (Å²) in [5, 5.41) is 0. The highest BCUT2D eigenvalue weighted by Gasteiger charge is 2.25. The Hall–Kier alpha value is -1.47. The van der Waals surface area contributed by atoms with Gasteiger partial charge in [-0.3, -0.25) is 4.31 Å². The van der Waals surface area contributed by atoms with Gasteiger partial charge in [0.2, 0.25) is 0 Å². The molecule has 0 aromatic heterocycles. The van der Waals surface area contributed by atoms with Crippen molar-refractivity contribution in [2.45, 2.75) is 4.90 Å². The van der Waals surface area contributed by atoms with Gasteiger partial charge in [0.25, 0.3) is 10.0 Å². The van der Waals surface area contributed by atoms with Crippen LogP contribution in [-0.4, -0.2) is 15.5 Å². The third kappa shape index (κ3) is 2.69. The fourth-order valence-corrected chi connectivity index (χ4v) is 3.83. The summed E-state index contributed by atoms with van der Waals surface area (Å²) in [6.07, 6.45) is 0. The lowest BCUT2D eigenvalue weighted by molar-refractivity contribution is 0.576. The predicted octanol–water partition coefficient (Wildman–Crippen LogP) is 3.55. The largest absolute Gasteiger partial charge is 0.266 e. The lowest BCUT2D eigenvalue weighted by Crippen LogP contribution is -2.27. The Balaban J connectivity index is 2.52. The van der Waals surface area contributed by atoms with Gasteiger partial charge in [0.1, 0.15) is 16.5 Å². The van der Waals surface area contributed by atoms with Crippen LogP contribution in [0, 0.1) is 11.6 Å². The number of rotatable bonds is 3. The van der Waals surface area contributed by atoms with E-state index in [1.165, 1.54) is 13.1 Å². The molecule has 0 saturated carbocycles. The minimum atomic E-state index is -3.93. The molecule has 20 heavy (non-hydrogen) atoms. The standard InChI is InChI=1S/C13H10BrF2NO2S/c1-17(12-7-6-9(15)8-11(12)16)20(18,19)13-5-3-2-4-10(13)14/h2-8H,1H3. The zero-order valence-corrected chi connectivity index (χ0v) is 12.7. The summed E-state index contributed by atoms with van der Waals surface area (Å²) >= 11 is 3.14. The van der Waals surface area contributed by atoms with Crippen molar-refractivity contribution in [3.05, 3.63) is 58.6 Å². The minimum Gasteiger partial charge on any atom is -0.266 e. The Morgan fingerprint density at radius 2 is 1.75 bits per heavy atom. The number of benzene rings is 2. The summed E-state index contributed by atoms with van der Waals surface area (Å²) < 4.78 is 52.6. The topological polar surface area (TPSA) is 37.4 Å². The average Bonchev–Trinajstić information content (AvgIpc) is 2.38. The minimum absolute atomic E-state index is 0.00576. The van der Waals surface area contributed by atoms with Gasteiger partial charge in [-0.05, 0) is 40.2 Å². The molecular weight excluding hydrogens is 352 g/mol. The molecule has 0 amide bonds. The second-order valence-corrected chi connectivity index (χ2v) is 6.79. The number of halogens is 3. The van der Waals surface area contributed by atoms with Crippen molar-refractivity contribution >= 4 is 31.6 Å². The summed E-state index contributed by atoms with van der Waals surface area (Å²) in [6.45, 7) is 0. The highest BCUT2D eigenvalue weighted by Crippen LogP contribution is 2.29. The number of hydrogen-bond donors (Lipinski definition) is 0. The monoisotopic (exact) mass is 361 g/mol. The number of sulfonamides is 1. The first-order valence-electron chi connectivity index (χ1n) is 5.52. The number of anilines is 1. The Morgan fingerprint density at radius 1 is 1.10 bits per heavy atom. The van der Waals surface area contributed by atoms with Crippen molar-refractivity contribution < 1.29 is 17.2 Å². The molecule has 0 spiro atoms. The Kier molecular flexibility index (Phi) is 4.10. The summed E-state index contributed by atoms with van der Waals surface area (Å²) in [7, 11) is -2.72. The van der Waals surface area contributed by atoms with Gasteiger partial charge < -0.3 is 0 Å². The average molecular weight is 362 g/mol. The molecule has 0 heterocycles. The molecular formula is C13H10BrF2NO2S. The highest BCUT2D eigenvalue weighted by molar-refractivity contribution is 9.10. The smallest absolute Gasteiger partial charge is 0.265 e. The van der Waals surface area contributed by atoms with Crippen LogP contribution in [0.25, 0.3) is 0 Å². The molecule has 0 aliphatic carbocycles. The summed E-state index contributed by atoms with van der Waals surface area (Å²) in [5.41, 5.74) is -0.220. The number of hydrogen-bond acceptors (Lipinski definition) is 2. The molecule has 106 valence electrons. The highest BCUT2D eigenvalue weighted by atomic mass is 79.9. The van der Waals surface area contributed by atoms with Gasteiger partial charge in [-0.1, -0.05) is 12.1 Å². The molecule has 2 rings (SSSR count). The molecule has 7 heteroatoms. The van der Waals surface area contributed by atoms with Gasteiger partial charge >= 0.3 is 0 Å². The van der Waals surface area contributed by atoms with E-state index in [4.69, 9.17) is 0 Å². The maximum Gasteiger partial charge on any atom is 0.265 e.